The van der Waals surface area contributed by atoms with E-state index in [9.17, 15) is 4.79 Å². The lowest BCUT2D eigenvalue weighted by Gasteiger charge is -2.41. The van der Waals surface area contributed by atoms with Crippen LogP contribution in [0.5, 0.6) is 0 Å². The quantitative estimate of drug-likeness (QED) is 0.560. The Bertz CT molecular complexity index is 209. The molecule has 0 bridgehead atoms. The number of ketones is 1. The van der Waals surface area contributed by atoms with E-state index in [1.165, 1.54) is 19.3 Å². The van der Waals surface area contributed by atoms with Crippen molar-refractivity contribution < 1.29 is 4.79 Å². The van der Waals surface area contributed by atoms with E-state index in [0.29, 0.717) is 11.7 Å². The van der Waals surface area contributed by atoms with Crippen LogP contribution >= 0.6 is 0 Å². The van der Waals surface area contributed by atoms with Crippen molar-refractivity contribution in [3.8, 4) is 0 Å². The summed E-state index contributed by atoms with van der Waals surface area (Å²) < 4.78 is 0. The van der Waals surface area contributed by atoms with Crippen LogP contribution in [-0.2, 0) is 4.79 Å². The molecule has 0 spiro atoms. The maximum atomic E-state index is 11.7. The third kappa shape index (κ3) is 1.66. The molecule has 2 saturated carbocycles. The minimum Gasteiger partial charge on any atom is -0.299 e. The summed E-state index contributed by atoms with van der Waals surface area (Å²) in [5, 5.41) is 0. The Kier molecular flexibility index (Phi) is 2.44. The maximum absolute atomic E-state index is 11.7. The third-order valence-corrected chi connectivity index (χ3v) is 4.05. The molecule has 1 heteroatoms. The van der Waals surface area contributed by atoms with Gasteiger partial charge in [-0.3, -0.25) is 4.79 Å². The predicted octanol–water partition coefficient (Wildman–Crippen LogP) is 3.04. The zero-order chi connectivity index (χ0) is 9.42. The summed E-state index contributed by atoms with van der Waals surface area (Å²) >= 11 is 0. The number of carbonyl (C=O) groups is 1. The molecule has 2 aliphatic carbocycles. The summed E-state index contributed by atoms with van der Waals surface area (Å²) in [6.45, 7) is 4.64. The van der Waals surface area contributed by atoms with E-state index >= 15 is 0 Å². The van der Waals surface area contributed by atoms with Gasteiger partial charge in [-0.15, -0.1) is 0 Å². The fraction of sp³-hybridized carbons (Fsp3) is 0.917. The average molecular weight is 180 g/mol. The Labute approximate surface area is 80.9 Å². The Morgan fingerprint density at radius 1 is 1.23 bits per heavy atom. The summed E-state index contributed by atoms with van der Waals surface area (Å²) in [5.41, 5.74) is 0. The molecule has 74 valence electrons. The van der Waals surface area contributed by atoms with Gasteiger partial charge in [-0.25, -0.2) is 0 Å². The predicted molar refractivity (Wildman–Crippen MR) is 53.4 cm³/mol. The standard InChI is InChI=1S/C12H20O/c1-8-6-9(2)10-4-3-5-12(13)11(10)7-8/h8-11H,3-7H2,1-2H3. The number of rotatable bonds is 0. The lowest BCUT2D eigenvalue weighted by Crippen LogP contribution is -2.38. The highest BCUT2D eigenvalue weighted by atomic mass is 16.1. The first-order chi connectivity index (χ1) is 6.18. The summed E-state index contributed by atoms with van der Waals surface area (Å²) in [7, 11) is 0. The second kappa shape index (κ2) is 3.43. The number of Topliss-reactive ketones (excluding diaryl/α,β-unsaturated/α-hetero) is 1. The summed E-state index contributed by atoms with van der Waals surface area (Å²) in [5.74, 6) is 3.30. The van der Waals surface area contributed by atoms with Crippen molar-refractivity contribution in [2.75, 3.05) is 0 Å². The smallest absolute Gasteiger partial charge is 0.136 e. The van der Waals surface area contributed by atoms with Gasteiger partial charge in [0.05, 0.1) is 0 Å². The molecule has 2 rings (SSSR count). The SMILES string of the molecule is CC1CC(C)C2CCCC(=O)C2C1. The van der Waals surface area contributed by atoms with Crippen LogP contribution in [0.15, 0.2) is 0 Å². The molecule has 0 heterocycles. The molecule has 0 aliphatic heterocycles. The summed E-state index contributed by atoms with van der Waals surface area (Å²) in [6, 6.07) is 0. The molecule has 0 amide bonds. The molecule has 0 N–H and O–H groups in total. The molecule has 4 atom stereocenters. The second-order valence-corrected chi connectivity index (χ2v) is 5.18. The lowest BCUT2D eigenvalue weighted by atomic mass is 9.63. The average Bonchev–Trinajstić information content (AvgIpc) is 2.07. The molecule has 0 aromatic heterocycles. The third-order valence-electron chi connectivity index (χ3n) is 4.05. The normalized spacial score (nSPS) is 45.8. The molecule has 0 radical (unpaired) electrons. The van der Waals surface area contributed by atoms with Crippen LogP contribution in [0.3, 0.4) is 0 Å². The van der Waals surface area contributed by atoms with Crippen molar-refractivity contribution >= 4 is 5.78 Å². The summed E-state index contributed by atoms with van der Waals surface area (Å²) in [4.78, 5) is 11.7. The zero-order valence-corrected chi connectivity index (χ0v) is 8.75. The fourth-order valence-corrected chi connectivity index (χ4v) is 3.46. The van der Waals surface area contributed by atoms with E-state index in [1.807, 2.05) is 0 Å². The number of fused-ring (bicyclic) bond motifs is 1. The van der Waals surface area contributed by atoms with E-state index in [0.717, 1.165) is 30.6 Å². The van der Waals surface area contributed by atoms with Crippen molar-refractivity contribution in [1.29, 1.82) is 0 Å². The first kappa shape index (κ1) is 9.23. The van der Waals surface area contributed by atoms with E-state index < -0.39 is 0 Å². The molecular weight excluding hydrogens is 160 g/mol. The van der Waals surface area contributed by atoms with Crippen LogP contribution in [-0.4, -0.2) is 5.78 Å². The molecule has 0 saturated heterocycles. The van der Waals surface area contributed by atoms with Crippen molar-refractivity contribution in [2.45, 2.75) is 46.0 Å². The molecule has 13 heavy (non-hydrogen) atoms. The van der Waals surface area contributed by atoms with E-state index in [4.69, 9.17) is 0 Å². The van der Waals surface area contributed by atoms with E-state index in [2.05, 4.69) is 13.8 Å². The highest BCUT2D eigenvalue weighted by Gasteiger charge is 2.39. The first-order valence-electron chi connectivity index (χ1n) is 5.71. The first-order valence-corrected chi connectivity index (χ1v) is 5.71. The van der Waals surface area contributed by atoms with Gasteiger partial charge < -0.3 is 0 Å². The highest BCUT2D eigenvalue weighted by Crippen LogP contribution is 2.43. The van der Waals surface area contributed by atoms with Gasteiger partial charge in [0, 0.05) is 12.3 Å². The van der Waals surface area contributed by atoms with Crippen molar-refractivity contribution in [2.24, 2.45) is 23.7 Å². The molecule has 0 aromatic rings. The number of hydrogen-bond donors (Lipinski definition) is 0. The van der Waals surface area contributed by atoms with Gasteiger partial charge in [-0.1, -0.05) is 13.8 Å². The van der Waals surface area contributed by atoms with Gasteiger partial charge in [0.2, 0.25) is 0 Å². The van der Waals surface area contributed by atoms with Gasteiger partial charge in [-0.05, 0) is 43.4 Å². The van der Waals surface area contributed by atoms with Crippen LogP contribution in [0.2, 0.25) is 0 Å². The fourth-order valence-electron chi connectivity index (χ4n) is 3.46. The van der Waals surface area contributed by atoms with Crippen molar-refractivity contribution in [1.82, 2.24) is 0 Å². The van der Waals surface area contributed by atoms with Gasteiger partial charge in [0.15, 0.2) is 0 Å². The Morgan fingerprint density at radius 3 is 2.77 bits per heavy atom. The topological polar surface area (TPSA) is 17.1 Å². The molecule has 0 aromatic carbocycles. The van der Waals surface area contributed by atoms with Crippen LogP contribution in [0, 0.1) is 23.7 Å². The Hall–Kier alpha value is -0.330. The monoisotopic (exact) mass is 180 g/mol. The zero-order valence-electron chi connectivity index (χ0n) is 8.75. The van der Waals surface area contributed by atoms with Crippen molar-refractivity contribution in [3.63, 3.8) is 0 Å². The molecular formula is C12H20O. The minimum absolute atomic E-state index is 0.437. The molecule has 2 aliphatic rings. The van der Waals surface area contributed by atoms with Crippen LogP contribution < -0.4 is 0 Å². The van der Waals surface area contributed by atoms with Gasteiger partial charge in [-0.2, -0.15) is 0 Å². The summed E-state index contributed by atoms with van der Waals surface area (Å²) in [6.07, 6.45) is 5.84. The number of hydrogen-bond acceptors (Lipinski definition) is 1. The van der Waals surface area contributed by atoms with E-state index in [1.54, 1.807) is 0 Å². The second-order valence-electron chi connectivity index (χ2n) is 5.18. The number of carbonyl (C=O) groups excluding carboxylic acids is 1. The van der Waals surface area contributed by atoms with Gasteiger partial charge in [0.25, 0.3) is 0 Å². The van der Waals surface area contributed by atoms with Gasteiger partial charge >= 0.3 is 0 Å². The minimum atomic E-state index is 0.437. The van der Waals surface area contributed by atoms with Crippen LogP contribution in [0.25, 0.3) is 0 Å². The Balaban J connectivity index is 2.12. The maximum Gasteiger partial charge on any atom is 0.136 e. The lowest BCUT2D eigenvalue weighted by molar-refractivity contribution is -0.130. The van der Waals surface area contributed by atoms with Crippen molar-refractivity contribution in [3.05, 3.63) is 0 Å². The molecule has 1 nitrogen and oxygen atoms in total. The highest BCUT2D eigenvalue weighted by molar-refractivity contribution is 5.82. The van der Waals surface area contributed by atoms with Crippen LogP contribution in [0.1, 0.15) is 46.0 Å². The van der Waals surface area contributed by atoms with E-state index in [-0.39, 0.29) is 0 Å². The van der Waals surface area contributed by atoms with Gasteiger partial charge in [0.1, 0.15) is 5.78 Å². The molecule has 4 unspecified atom stereocenters. The largest absolute Gasteiger partial charge is 0.299 e. The Morgan fingerprint density at radius 2 is 2.00 bits per heavy atom. The molecule has 2 fully saturated rings. The van der Waals surface area contributed by atoms with Crippen LogP contribution in [0.4, 0.5) is 0 Å².